The fourth-order valence-corrected chi connectivity index (χ4v) is 8.05. The lowest BCUT2D eigenvalue weighted by Gasteiger charge is -2.38. The first kappa shape index (κ1) is 25.0. The highest BCUT2D eigenvalue weighted by Gasteiger charge is 2.46. The zero-order valence-electron chi connectivity index (χ0n) is 23.8. The van der Waals surface area contributed by atoms with E-state index in [-0.39, 0.29) is 5.54 Å². The fraction of sp³-hybridized carbons (Fsp3) is 0.486. The largest absolute Gasteiger partial charge is 0.367 e. The van der Waals surface area contributed by atoms with Crippen molar-refractivity contribution in [1.29, 1.82) is 0 Å². The van der Waals surface area contributed by atoms with Gasteiger partial charge in [-0.2, -0.15) is 0 Å². The SMILES string of the molecule is CCN1CCC2c3cc(C4C=C5C=CC=CC56N=C5CCC(C)CC=N/C=C\C5=C6C4)ccc3N(CC)C2C1. The van der Waals surface area contributed by atoms with Crippen LogP contribution in [0.3, 0.4) is 0 Å². The van der Waals surface area contributed by atoms with Gasteiger partial charge in [-0.05, 0) is 104 Å². The number of nitrogens with zero attached hydrogens (tertiary/aromatic N) is 4. The van der Waals surface area contributed by atoms with E-state index in [1.807, 2.05) is 6.20 Å². The first-order valence-electron chi connectivity index (χ1n) is 15.3. The summed E-state index contributed by atoms with van der Waals surface area (Å²) in [5.74, 6) is 1.64. The van der Waals surface area contributed by atoms with Gasteiger partial charge < -0.3 is 9.80 Å². The van der Waals surface area contributed by atoms with Gasteiger partial charge in [0.2, 0.25) is 0 Å². The molecular formula is C35H42N4. The third-order valence-electron chi connectivity index (χ3n) is 10.2. The molecule has 1 saturated heterocycles. The number of hydrogen-bond donors (Lipinski definition) is 0. The molecule has 0 N–H and O–H groups in total. The molecule has 202 valence electrons. The second kappa shape index (κ2) is 9.89. The van der Waals surface area contributed by atoms with Crippen LogP contribution in [0.5, 0.6) is 0 Å². The Bertz CT molecular complexity index is 1370. The Kier molecular flexibility index (Phi) is 6.34. The topological polar surface area (TPSA) is 31.2 Å². The van der Waals surface area contributed by atoms with Gasteiger partial charge in [0.1, 0.15) is 5.54 Å². The summed E-state index contributed by atoms with van der Waals surface area (Å²) in [5.41, 5.74) is 9.62. The molecule has 4 heterocycles. The van der Waals surface area contributed by atoms with Crippen LogP contribution < -0.4 is 4.90 Å². The predicted molar refractivity (Wildman–Crippen MR) is 164 cm³/mol. The molecule has 6 aliphatic rings. The molecule has 4 heteroatoms. The van der Waals surface area contributed by atoms with Gasteiger partial charge in [-0.1, -0.05) is 50.3 Å². The molecule has 5 atom stereocenters. The number of allylic oxidation sites excluding steroid dienone is 5. The van der Waals surface area contributed by atoms with Crippen LogP contribution in [-0.4, -0.2) is 54.6 Å². The first-order chi connectivity index (χ1) is 19.1. The van der Waals surface area contributed by atoms with E-state index in [1.54, 1.807) is 5.56 Å². The van der Waals surface area contributed by atoms with Crippen LogP contribution in [0, 0.1) is 5.92 Å². The van der Waals surface area contributed by atoms with Crippen LogP contribution in [0.1, 0.15) is 75.8 Å². The average Bonchev–Trinajstić information content (AvgIpc) is 3.45. The van der Waals surface area contributed by atoms with E-state index in [9.17, 15) is 0 Å². The lowest BCUT2D eigenvalue weighted by atomic mass is 9.69. The van der Waals surface area contributed by atoms with Gasteiger partial charge in [0.05, 0.1) is 0 Å². The molecular weight excluding hydrogens is 476 g/mol. The van der Waals surface area contributed by atoms with Crippen LogP contribution in [-0.2, 0) is 0 Å². The van der Waals surface area contributed by atoms with Crippen molar-refractivity contribution >= 4 is 17.6 Å². The smallest absolute Gasteiger partial charge is 0.126 e. The molecule has 0 bridgehead atoms. The van der Waals surface area contributed by atoms with Crippen LogP contribution in [0.15, 0.2) is 87.6 Å². The minimum Gasteiger partial charge on any atom is -0.367 e. The van der Waals surface area contributed by atoms with Gasteiger partial charge in [-0.25, -0.2) is 0 Å². The zero-order chi connectivity index (χ0) is 26.6. The number of likely N-dealkylation sites (N-methyl/N-ethyl adjacent to an activating group) is 2. The standard InChI is InChI=1S/C35H42N4/c1-4-38-19-15-28-30-21-25(10-12-33(30)39(5-2)34(28)23-38)26-20-27-8-6-7-16-35(27)31(22-26)29-14-18-36-17-13-24(3)9-11-32(29)37-35/h6-8,10,12,14,16-18,20-21,24,26,28,34H,4-5,9,11,13,15,19,22-23H2,1-3H3/b18-14-,36-17?. The maximum atomic E-state index is 5.49. The molecule has 7 rings (SSSR count). The van der Waals surface area contributed by atoms with Gasteiger partial charge in [-0.3, -0.25) is 9.98 Å². The maximum absolute atomic E-state index is 5.49. The summed E-state index contributed by atoms with van der Waals surface area (Å²) in [5, 5.41) is 0. The van der Waals surface area contributed by atoms with Crippen molar-refractivity contribution in [1.82, 2.24) is 4.90 Å². The molecule has 1 fully saturated rings. The van der Waals surface area contributed by atoms with Crippen LogP contribution in [0.25, 0.3) is 0 Å². The van der Waals surface area contributed by atoms with E-state index in [1.165, 1.54) is 53.2 Å². The first-order valence-corrected chi connectivity index (χ1v) is 15.3. The molecule has 2 aliphatic carbocycles. The van der Waals surface area contributed by atoms with Gasteiger partial charge in [0.25, 0.3) is 0 Å². The molecule has 5 unspecified atom stereocenters. The Morgan fingerprint density at radius 3 is 2.87 bits per heavy atom. The van der Waals surface area contributed by atoms with Gasteiger partial charge in [-0.15, -0.1) is 0 Å². The van der Waals surface area contributed by atoms with E-state index in [0.29, 0.717) is 23.8 Å². The van der Waals surface area contributed by atoms with Gasteiger partial charge in [0.15, 0.2) is 0 Å². The summed E-state index contributed by atoms with van der Waals surface area (Å²) in [6.07, 6.45) is 23.4. The minimum atomic E-state index is -0.324. The molecule has 4 nitrogen and oxygen atoms in total. The number of hydrogen-bond acceptors (Lipinski definition) is 4. The summed E-state index contributed by atoms with van der Waals surface area (Å²) >= 11 is 0. The van der Waals surface area contributed by atoms with Crippen LogP contribution >= 0.6 is 0 Å². The molecule has 1 aromatic carbocycles. The average molecular weight is 519 g/mol. The van der Waals surface area contributed by atoms with Crippen LogP contribution in [0.2, 0.25) is 0 Å². The normalized spacial score (nSPS) is 34.1. The molecule has 39 heavy (non-hydrogen) atoms. The second-order valence-electron chi connectivity index (χ2n) is 12.4. The monoisotopic (exact) mass is 518 g/mol. The van der Waals surface area contributed by atoms with E-state index in [0.717, 1.165) is 38.8 Å². The highest BCUT2D eigenvalue weighted by atomic mass is 15.3. The fourth-order valence-electron chi connectivity index (χ4n) is 8.05. The van der Waals surface area contributed by atoms with Crippen molar-refractivity contribution in [3.05, 3.63) is 88.7 Å². The molecule has 0 saturated carbocycles. The molecule has 0 amide bonds. The molecule has 1 spiro atoms. The number of likely N-dealkylation sites (tertiary alicyclic amines) is 1. The zero-order valence-corrected chi connectivity index (χ0v) is 23.8. The second-order valence-corrected chi connectivity index (χ2v) is 12.4. The lowest BCUT2D eigenvalue weighted by molar-refractivity contribution is 0.202. The van der Waals surface area contributed by atoms with Crippen molar-refractivity contribution in [2.24, 2.45) is 15.9 Å². The summed E-state index contributed by atoms with van der Waals surface area (Å²) in [6, 6.07) is 8.06. The predicted octanol–water partition coefficient (Wildman–Crippen LogP) is 7.14. The van der Waals surface area contributed by atoms with E-state index in [2.05, 4.69) is 96.4 Å². The van der Waals surface area contributed by atoms with Crippen molar-refractivity contribution in [2.75, 3.05) is 31.1 Å². The lowest BCUT2D eigenvalue weighted by Crippen LogP contribution is -2.48. The number of benzene rings is 1. The Morgan fingerprint density at radius 2 is 2.00 bits per heavy atom. The van der Waals surface area contributed by atoms with Crippen molar-refractivity contribution in [2.45, 2.75) is 76.3 Å². The number of rotatable bonds is 3. The van der Waals surface area contributed by atoms with E-state index >= 15 is 0 Å². The van der Waals surface area contributed by atoms with Gasteiger partial charge >= 0.3 is 0 Å². The Labute approximate surface area is 234 Å². The quantitative estimate of drug-likeness (QED) is 0.426. The van der Waals surface area contributed by atoms with E-state index in [4.69, 9.17) is 4.99 Å². The highest BCUT2D eigenvalue weighted by Crippen LogP contribution is 2.52. The Balaban J connectivity index is 1.28. The number of piperidine rings is 1. The summed E-state index contributed by atoms with van der Waals surface area (Å²) < 4.78 is 0. The maximum Gasteiger partial charge on any atom is 0.126 e. The third kappa shape index (κ3) is 4.06. The molecule has 0 aromatic heterocycles. The number of fused-ring (bicyclic) bond motifs is 4. The minimum absolute atomic E-state index is 0.324. The van der Waals surface area contributed by atoms with Crippen molar-refractivity contribution < 1.29 is 0 Å². The van der Waals surface area contributed by atoms with E-state index < -0.39 is 0 Å². The molecule has 0 radical (unpaired) electrons. The number of anilines is 1. The Morgan fingerprint density at radius 1 is 1.08 bits per heavy atom. The highest BCUT2D eigenvalue weighted by molar-refractivity contribution is 6.07. The molecule has 4 aliphatic heterocycles. The van der Waals surface area contributed by atoms with Crippen molar-refractivity contribution in [3.8, 4) is 0 Å². The third-order valence-corrected chi connectivity index (χ3v) is 10.2. The number of aliphatic imine (C=N–C) groups is 2. The van der Waals surface area contributed by atoms with Crippen LogP contribution in [0.4, 0.5) is 5.69 Å². The van der Waals surface area contributed by atoms with Crippen molar-refractivity contribution in [3.63, 3.8) is 0 Å². The van der Waals surface area contributed by atoms with Gasteiger partial charge in [0, 0.05) is 54.8 Å². The Hall–Kier alpha value is -2.98. The summed E-state index contributed by atoms with van der Waals surface area (Å²) in [4.78, 5) is 15.4. The summed E-state index contributed by atoms with van der Waals surface area (Å²) in [7, 11) is 0. The summed E-state index contributed by atoms with van der Waals surface area (Å²) in [6.45, 7) is 11.6. The molecule has 1 aromatic rings.